The number of hydrogen-bond acceptors (Lipinski definition) is 2. The number of hydrogen-bond donors (Lipinski definition) is 1. The highest BCUT2D eigenvalue weighted by Gasteiger charge is 2.18. The number of benzene rings is 1. The van der Waals surface area contributed by atoms with Crippen molar-refractivity contribution in [2.24, 2.45) is 5.73 Å². The van der Waals surface area contributed by atoms with E-state index in [1.807, 2.05) is 36.4 Å². The molecule has 1 unspecified atom stereocenters. The summed E-state index contributed by atoms with van der Waals surface area (Å²) < 4.78 is 5.06. The smallest absolute Gasteiger partial charge is 0.246 e. The van der Waals surface area contributed by atoms with Crippen LogP contribution in [0.4, 0.5) is 0 Å². The number of carbonyl (C=O) groups excluding carboxylic acids is 1. The normalized spacial score (nSPS) is 19.9. The average molecular weight is 207 g/mol. The van der Waals surface area contributed by atoms with Crippen LogP contribution in [0.25, 0.3) is 0 Å². The van der Waals surface area contributed by atoms with Crippen molar-refractivity contribution in [3.8, 4) is 0 Å². The molecule has 0 saturated carbocycles. The van der Waals surface area contributed by atoms with Crippen LogP contribution in [0.2, 0.25) is 0 Å². The fraction of sp³-hybridized carbons (Fsp3) is 0.417. The molecule has 1 saturated heterocycles. The zero-order valence-electron chi connectivity index (χ0n) is 8.76. The van der Waals surface area contributed by atoms with Crippen molar-refractivity contribution < 1.29 is 9.53 Å². The minimum Gasteiger partial charge on any atom is -0.368 e. The molecular weight excluding hydrogens is 190 g/mol. The lowest BCUT2D eigenvalue weighted by atomic mass is 10.1. The third-order valence-corrected chi connectivity index (χ3v) is 2.16. The molecule has 2 rings (SSSR count). The lowest BCUT2D eigenvalue weighted by Crippen LogP contribution is -2.33. The van der Waals surface area contributed by atoms with E-state index in [-0.39, 0.29) is 12.0 Å². The Balaban J connectivity index is 0.000000162. The number of nitrogens with two attached hydrogens (primary N) is 1. The Morgan fingerprint density at radius 2 is 1.60 bits per heavy atom. The van der Waals surface area contributed by atoms with Gasteiger partial charge in [-0.15, -0.1) is 0 Å². The molecule has 3 nitrogen and oxygen atoms in total. The summed E-state index contributed by atoms with van der Waals surface area (Å²) in [4.78, 5) is 10.5. The van der Waals surface area contributed by atoms with Gasteiger partial charge in [-0.05, 0) is 19.3 Å². The van der Waals surface area contributed by atoms with Gasteiger partial charge in [0.2, 0.25) is 5.91 Å². The van der Waals surface area contributed by atoms with Gasteiger partial charge in [0.25, 0.3) is 0 Å². The van der Waals surface area contributed by atoms with Crippen LogP contribution >= 0.6 is 0 Å². The number of carbonyl (C=O) groups is 1. The molecule has 15 heavy (non-hydrogen) atoms. The molecule has 1 aliphatic rings. The highest BCUT2D eigenvalue weighted by atomic mass is 16.5. The third kappa shape index (κ3) is 5.18. The number of amides is 1. The van der Waals surface area contributed by atoms with E-state index in [1.165, 1.54) is 0 Å². The summed E-state index contributed by atoms with van der Waals surface area (Å²) in [5, 5.41) is 0. The third-order valence-electron chi connectivity index (χ3n) is 2.16. The lowest BCUT2D eigenvalue weighted by Gasteiger charge is -2.18. The van der Waals surface area contributed by atoms with Gasteiger partial charge in [0.15, 0.2) is 0 Å². The molecule has 1 fully saturated rings. The first-order chi connectivity index (χ1) is 7.30. The van der Waals surface area contributed by atoms with Crippen molar-refractivity contribution in [2.45, 2.75) is 25.4 Å². The van der Waals surface area contributed by atoms with Crippen LogP contribution in [0.3, 0.4) is 0 Å². The second-order valence-electron chi connectivity index (χ2n) is 3.41. The van der Waals surface area contributed by atoms with Gasteiger partial charge >= 0.3 is 0 Å². The maximum Gasteiger partial charge on any atom is 0.246 e. The molecule has 0 spiro atoms. The number of primary amides is 1. The van der Waals surface area contributed by atoms with Gasteiger partial charge in [-0.1, -0.05) is 36.4 Å². The van der Waals surface area contributed by atoms with Crippen molar-refractivity contribution in [3.05, 3.63) is 36.4 Å². The molecule has 1 aromatic rings. The Morgan fingerprint density at radius 3 is 1.87 bits per heavy atom. The largest absolute Gasteiger partial charge is 0.368 e. The number of rotatable bonds is 1. The van der Waals surface area contributed by atoms with Gasteiger partial charge < -0.3 is 10.5 Å². The maximum absolute atomic E-state index is 10.5. The van der Waals surface area contributed by atoms with E-state index in [0.29, 0.717) is 6.61 Å². The molecule has 3 heteroatoms. The average Bonchev–Trinajstić information content (AvgIpc) is 2.33. The van der Waals surface area contributed by atoms with Crippen LogP contribution in [0.15, 0.2) is 36.4 Å². The molecule has 2 N–H and O–H groups in total. The van der Waals surface area contributed by atoms with Crippen molar-refractivity contribution in [1.29, 1.82) is 0 Å². The van der Waals surface area contributed by atoms with Crippen LogP contribution < -0.4 is 5.73 Å². The fourth-order valence-corrected chi connectivity index (χ4v) is 1.35. The fourth-order valence-electron chi connectivity index (χ4n) is 1.35. The molecule has 82 valence electrons. The van der Waals surface area contributed by atoms with Crippen molar-refractivity contribution in [3.63, 3.8) is 0 Å². The monoisotopic (exact) mass is 207 g/mol. The standard InChI is InChI=1S/C6H11NO2.C6H6/c7-6(8)5-3-1-2-4-9-5;1-2-4-6-5-3-1/h5H,1-4H2,(H2,7,8);1-6H. The zero-order chi connectivity index (χ0) is 10.9. The van der Waals surface area contributed by atoms with E-state index in [4.69, 9.17) is 10.5 Å². The second-order valence-corrected chi connectivity index (χ2v) is 3.41. The molecule has 1 amide bonds. The van der Waals surface area contributed by atoms with Gasteiger partial charge in [0.05, 0.1) is 0 Å². The predicted molar refractivity (Wildman–Crippen MR) is 59.2 cm³/mol. The summed E-state index contributed by atoms with van der Waals surface area (Å²) in [6, 6.07) is 12.0. The molecule has 0 aliphatic carbocycles. The van der Waals surface area contributed by atoms with Gasteiger partial charge in [0, 0.05) is 6.61 Å². The quantitative estimate of drug-likeness (QED) is 0.762. The Kier molecular flexibility index (Phi) is 5.48. The van der Waals surface area contributed by atoms with Crippen LogP contribution in [-0.4, -0.2) is 18.6 Å². The molecular formula is C12H17NO2. The zero-order valence-corrected chi connectivity index (χ0v) is 8.76. The molecule has 0 bridgehead atoms. The Labute approximate surface area is 90.2 Å². The number of ether oxygens (including phenoxy) is 1. The van der Waals surface area contributed by atoms with Crippen LogP contribution in [-0.2, 0) is 9.53 Å². The summed E-state index contributed by atoms with van der Waals surface area (Å²) in [7, 11) is 0. The first-order valence-corrected chi connectivity index (χ1v) is 5.21. The summed E-state index contributed by atoms with van der Waals surface area (Å²) in [6.07, 6.45) is 2.62. The van der Waals surface area contributed by atoms with E-state index in [2.05, 4.69) is 0 Å². The van der Waals surface area contributed by atoms with E-state index in [1.54, 1.807) is 0 Å². The van der Waals surface area contributed by atoms with Gasteiger partial charge in [0.1, 0.15) is 6.10 Å². The molecule has 0 aromatic heterocycles. The summed E-state index contributed by atoms with van der Waals surface area (Å²) >= 11 is 0. The Morgan fingerprint density at radius 1 is 1.07 bits per heavy atom. The second kappa shape index (κ2) is 7.01. The maximum atomic E-state index is 10.5. The topological polar surface area (TPSA) is 52.3 Å². The Bertz CT molecular complexity index is 242. The van der Waals surface area contributed by atoms with Gasteiger partial charge in [-0.25, -0.2) is 0 Å². The van der Waals surface area contributed by atoms with Crippen LogP contribution in [0.1, 0.15) is 19.3 Å². The van der Waals surface area contributed by atoms with Crippen molar-refractivity contribution in [2.75, 3.05) is 6.61 Å². The van der Waals surface area contributed by atoms with E-state index in [0.717, 1.165) is 19.3 Å². The first-order valence-electron chi connectivity index (χ1n) is 5.21. The van der Waals surface area contributed by atoms with Crippen LogP contribution in [0.5, 0.6) is 0 Å². The predicted octanol–water partition coefficient (Wildman–Crippen LogP) is 1.73. The minimum absolute atomic E-state index is 0.307. The van der Waals surface area contributed by atoms with E-state index >= 15 is 0 Å². The summed E-state index contributed by atoms with van der Waals surface area (Å²) in [5.41, 5.74) is 5.00. The van der Waals surface area contributed by atoms with Crippen molar-refractivity contribution >= 4 is 5.91 Å². The summed E-state index contributed by atoms with van der Waals surface area (Å²) in [5.74, 6) is -0.324. The highest BCUT2D eigenvalue weighted by molar-refractivity contribution is 5.78. The SMILES string of the molecule is NC(=O)C1CCCCO1.c1ccccc1. The summed E-state index contributed by atoms with van der Waals surface area (Å²) in [6.45, 7) is 0.688. The Hall–Kier alpha value is -1.35. The first kappa shape index (κ1) is 11.7. The van der Waals surface area contributed by atoms with Crippen LogP contribution in [0, 0.1) is 0 Å². The molecule has 1 aromatic carbocycles. The van der Waals surface area contributed by atoms with E-state index < -0.39 is 0 Å². The van der Waals surface area contributed by atoms with E-state index in [9.17, 15) is 4.79 Å². The molecule has 0 radical (unpaired) electrons. The molecule has 1 aliphatic heterocycles. The van der Waals surface area contributed by atoms with Crippen molar-refractivity contribution in [1.82, 2.24) is 0 Å². The highest BCUT2D eigenvalue weighted by Crippen LogP contribution is 2.11. The lowest BCUT2D eigenvalue weighted by molar-refractivity contribution is -0.132. The van der Waals surface area contributed by atoms with Gasteiger partial charge in [-0.2, -0.15) is 0 Å². The minimum atomic E-state index is -0.324. The molecule has 1 atom stereocenters. The van der Waals surface area contributed by atoms with Gasteiger partial charge in [-0.3, -0.25) is 4.79 Å². The molecule has 1 heterocycles.